The number of carbonyl (C=O) groups is 1. The van der Waals surface area contributed by atoms with Crippen LogP contribution in [0.3, 0.4) is 0 Å². The predicted molar refractivity (Wildman–Crippen MR) is 127 cm³/mol. The number of imidazole rings is 1. The second kappa shape index (κ2) is 7.18. The minimum atomic E-state index is -3.80. The van der Waals surface area contributed by atoms with Gasteiger partial charge in [0.2, 0.25) is 5.91 Å². The summed E-state index contributed by atoms with van der Waals surface area (Å²) in [6, 6.07) is 14.9. The molecule has 0 saturated carbocycles. The number of sulfonamides is 1. The quantitative estimate of drug-likeness (QED) is 0.502. The first-order valence-corrected chi connectivity index (χ1v) is 12.4. The molecule has 1 N–H and O–H groups in total. The topological polar surface area (TPSA) is 83.8 Å². The number of aryl methyl sites for hydroxylation is 2. The molecule has 2 aliphatic heterocycles. The number of hydrogen-bond donors (Lipinski definition) is 1. The highest BCUT2D eigenvalue weighted by Crippen LogP contribution is 2.39. The first-order valence-electron chi connectivity index (χ1n) is 10.9. The van der Waals surface area contributed by atoms with Crippen LogP contribution in [0.1, 0.15) is 23.1 Å². The molecule has 6 rings (SSSR count). The average molecular weight is 459 g/mol. The molecule has 0 saturated heterocycles. The van der Waals surface area contributed by atoms with Crippen LogP contribution in [-0.4, -0.2) is 30.3 Å². The van der Waals surface area contributed by atoms with Crippen molar-refractivity contribution in [3.05, 3.63) is 77.6 Å². The lowest BCUT2D eigenvalue weighted by Gasteiger charge is -2.25. The van der Waals surface area contributed by atoms with Gasteiger partial charge in [-0.15, -0.1) is 0 Å². The van der Waals surface area contributed by atoms with Crippen molar-refractivity contribution in [3.8, 4) is 11.3 Å². The molecular formula is C25H22N4O3S. The van der Waals surface area contributed by atoms with E-state index >= 15 is 0 Å². The number of nitrogens with zero attached hydrogens (tertiary/aromatic N) is 3. The molecule has 0 unspecified atom stereocenters. The fourth-order valence-corrected chi connectivity index (χ4v) is 5.97. The Balaban J connectivity index is 1.36. The van der Waals surface area contributed by atoms with Gasteiger partial charge in [-0.3, -0.25) is 9.52 Å². The Morgan fingerprint density at radius 3 is 2.64 bits per heavy atom. The molecular weight excluding hydrogens is 436 g/mol. The third-order valence-electron chi connectivity index (χ3n) is 6.48. The highest BCUT2D eigenvalue weighted by molar-refractivity contribution is 7.92. The Hall–Kier alpha value is -3.65. The van der Waals surface area contributed by atoms with E-state index in [1.807, 2.05) is 60.1 Å². The number of carbonyl (C=O) groups excluding carboxylic acids is 1. The van der Waals surface area contributed by atoms with Crippen LogP contribution in [0.25, 0.3) is 16.9 Å². The molecule has 0 spiro atoms. The maximum absolute atomic E-state index is 13.4. The fraction of sp³-hybridized carbons (Fsp3) is 0.200. The lowest BCUT2D eigenvalue weighted by molar-refractivity contribution is -0.118. The molecule has 0 aliphatic carbocycles. The molecule has 0 radical (unpaired) electrons. The molecule has 2 aliphatic rings. The Morgan fingerprint density at radius 1 is 1.00 bits per heavy atom. The second-order valence-electron chi connectivity index (χ2n) is 8.61. The van der Waals surface area contributed by atoms with Gasteiger partial charge in [-0.2, -0.15) is 0 Å². The molecule has 7 nitrogen and oxygen atoms in total. The van der Waals surface area contributed by atoms with E-state index in [1.54, 1.807) is 17.0 Å². The molecule has 4 heterocycles. The lowest BCUT2D eigenvalue weighted by Crippen LogP contribution is -2.33. The first kappa shape index (κ1) is 20.0. The van der Waals surface area contributed by atoms with Gasteiger partial charge in [-0.05, 0) is 66.8 Å². The molecule has 0 atom stereocenters. The standard InChI is InChI=1S/C25H22N4O3S/c1-16-5-6-17(22-15-28-10-3-2-4-23(28)26-22)14-21(16)27-33(31,32)20-12-18-7-8-24(30)29-11-9-19(13-20)25(18)29/h2-6,10,12-15,27H,7-9,11H2,1H3. The zero-order valence-electron chi connectivity index (χ0n) is 18.1. The number of hydrogen-bond acceptors (Lipinski definition) is 4. The van der Waals surface area contributed by atoms with Crippen molar-refractivity contribution >= 4 is 33.0 Å². The summed E-state index contributed by atoms with van der Waals surface area (Å²) >= 11 is 0. The maximum Gasteiger partial charge on any atom is 0.261 e. The monoisotopic (exact) mass is 458 g/mol. The zero-order valence-corrected chi connectivity index (χ0v) is 18.9. The zero-order chi connectivity index (χ0) is 22.7. The Morgan fingerprint density at radius 2 is 1.82 bits per heavy atom. The Bertz CT molecular complexity index is 1520. The summed E-state index contributed by atoms with van der Waals surface area (Å²) in [5.41, 5.74) is 6.55. The van der Waals surface area contributed by atoms with Crippen LogP contribution in [0.15, 0.2) is 65.8 Å². The van der Waals surface area contributed by atoms with Crippen LogP contribution < -0.4 is 9.62 Å². The van der Waals surface area contributed by atoms with Crippen molar-refractivity contribution < 1.29 is 13.2 Å². The molecule has 1 amide bonds. The van der Waals surface area contributed by atoms with Gasteiger partial charge in [0.1, 0.15) is 5.65 Å². The van der Waals surface area contributed by atoms with Crippen molar-refractivity contribution in [2.75, 3.05) is 16.2 Å². The summed E-state index contributed by atoms with van der Waals surface area (Å²) < 4.78 is 31.4. The summed E-state index contributed by atoms with van der Waals surface area (Å²) in [4.78, 5) is 18.9. The number of nitrogens with one attached hydrogen (secondary N) is 1. The van der Waals surface area contributed by atoms with E-state index in [4.69, 9.17) is 0 Å². The van der Waals surface area contributed by atoms with Gasteiger partial charge in [-0.25, -0.2) is 13.4 Å². The third kappa shape index (κ3) is 3.29. The first-order chi connectivity index (χ1) is 15.9. The SMILES string of the molecule is Cc1ccc(-c2cn3ccccc3n2)cc1NS(=O)(=O)c1cc2c3c(c1)CCN3C(=O)CC2. The third-order valence-corrected chi connectivity index (χ3v) is 7.82. The summed E-state index contributed by atoms with van der Waals surface area (Å²) in [5, 5.41) is 0. The van der Waals surface area contributed by atoms with Crippen LogP contribution in [0.4, 0.5) is 11.4 Å². The summed E-state index contributed by atoms with van der Waals surface area (Å²) in [7, 11) is -3.80. The van der Waals surface area contributed by atoms with Crippen LogP contribution in [0.2, 0.25) is 0 Å². The molecule has 0 fully saturated rings. The molecule has 33 heavy (non-hydrogen) atoms. The van der Waals surface area contributed by atoms with E-state index in [-0.39, 0.29) is 10.8 Å². The molecule has 8 heteroatoms. The van der Waals surface area contributed by atoms with Gasteiger partial charge in [0, 0.05) is 30.9 Å². The predicted octanol–water partition coefficient (Wildman–Crippen LogP) is 3.95. The molecule has 166 valence electrons. The van der Waals surface area contributed by atoms with Crippen molar-refractivity contribution in [1.82, 2.24) is 9.38 Å². The Labute approximate surface area is 191 Å². The van der Waals surface area contributed by atoms with E-state index in [2.05, 4.69) is 9.71 Å². The summed E-state index contributed by atoms with van der Waals surface area (Å²) in [5.74, 6) is 0.120. The van der Waals surface area contributed by atoms with Gasteiger partial charge in [0.05, 0.1) is 22.0 Å². The minimum Gasteiger partial charge on any atom is -0.312 e. The van der Waals surface area contributed by atoms with Gasteiger partial charge in [0.15, 0.2) is 0 Å². The second-order valence-corrected chi connectivity index (χ2v) is 10.3. The number of aromatic nitrogens is 2. The summed E-state index contributed by atoms with van der Waals surface area (Å²) in [6.45, 7) is 2.50. The molecule has 4 aromatic rings. The normalized spacial score (nSPS) is 15.2. The highest BCUT2D eigenvalue weighted by atomic mass is 32.2. The fourth-order valence-electron chi connectivity index (χ4n) is 4.75. The minimum absolute atomic E-state index is 0.120. The van der Waals surface area contributed by atoms with E-state index < -0.39 is 10.0 Å². The van der Waals surface area contributed by atoms with E-state index in [0.717, 1.165) is 39.3 Å². The van der Waals surface area contributed by atoms with Crippen LogP contribution in [0.5, 0.6) is 0 Å². The van der Waals surface area contributed by atoms with Crippen molar-refractivity contribution in [1.29, 1.82) is 0 Å². The van der Waals surface area contributed by atoms with Gasteiger partial charge in [-0.1, -0.05) is 18.2 Å². The van der Waals surface area contributed by atoms with Crippen LogP contribution in [-0.2, 0) is 27.7 Å². The van der Waals surface area contributed by atoms with Gasteiger partial charge < -0.3 is 9.30 Å². The van der Waals surface area contributed by atoms with Crippen molar-refractivity contribution in [2.45, 2.75) is 31.1 Å². The largest absolute Gasteiger partial charge is 0.312 e. The van der Waals surface area contributed by atoms with E-state index in [1.165, 1.54) is 0 Å². The molecule has 2 aromatic heterocycles. The average Bonchev–Trinajstić information content (AvgIpc) is 3.43. The van der Waals surface area contributed by atoms with Crippen molar-refractivity contribution in [3.63, 3.8) is 0 Å². The maximum atomic E-state index is 13.4. The van der Waals surface area contributed by atoms with Gasteiger partial charge >= 0.3 is 0 Å². The van der Waals surface area contributed by atoms with Gasteiger partial charge in [0.25, 0.3) is 10.0 Å². The van der Waals surface area contributed by atoms with Crippen LogP contribution in [0, 0.1) is 6.92 Å². The number of benzene rings is 2. The van der Waals surface area contributed by atoms with E-state index in [0.29, 0.717) is 31.5 Å². The lowest BCUT2D eigenvalue weighted by atomic mass is 10.00. The van der Waals surface area contributed by atoms with Crippen molar-refractivity contribution in [2.24, 2.45) is 0 Å². The highest BCUT2D eigenvalue weighted by Gasteiger charge is 2.33. The number of fused-ring (bicyclic) bond motifs is 1. The Kier molecular flexibility index (Phi) is 4.35. The number of anilines is 2. The number of rotatable bonds is 4. The number of amides is 1. The number of pyridine rings is 1. The molecule has 0 bridgehead atoms. The molecule has 2 aromatic carbocycles. The van der Waals surface area contributed by atoms with E-state index in [9.17, 15) is 13.2 Å². The smallest absolute Gasteiger partial charge is 0.261 e. The van der Waals surface area contributed by atoms with Crippen LogP contribution >= 0.6 is 0 Å². The summed E-state index contributed by atoms with van der Waals surface area (Å²) in [6.07, 6.45) is 5.53.